The van der Waals surface area contributed by atoms with Gasteiger partial charge in [-0.25, -0.2) is 4.79 Å². The Hall–Kier alpha value is -1.26. The number of nitrogens with zero attached hydrogens (tertiary/aromatic N) is 2. The van der Waals surface area contributed by atoms with Crippen LogP contribution < -0.4 is 0 Å². The van der Waals surface area contributed by atoms with Crippen LogP contribution in [0.2, 0.25) is 0 Å². The predicted molar refractivity (Wildman–Crippen MR) is 69.4 cm³/mol. The third-order valence-corrected chi connectivity index (χ3v) is 3.67. The van der Waals surface area contributed by atoms with Gasteiger partial charge in [0.2, 0.25) is 0 Å². The van der Waals surface area contributed by atoms with Crippen molar-refractivity contribution < 1.29 is 14.7 Å². The van der Waals surface area contributed by atoms with Crippen molar-refractivity contribution in [3.8, 4) is 0 Å². The minimum Gasteiger partial charge on any atom is -0.481 e. The van der Waals surface area contributed by atoms with Crippen LogP contribution in [-0.2, 0) is 4.79 Å². The van der Waals surface area contributed by atoms with E-state index in [9.17, 15) is 9.59 Å². The summed E-state index contributed by atoms with van der Waals surface area (Å²) in [6.45, 7) is 8.40. The second-order valence-electron chi connectivity index (χ2n) is 6.15. The second kappa shape index (κ2) is 5.59. The molecular weight excluding hydrogens is 232 g/mol. The van der Waals surface area contributed by atoms with E-state index in [1.807, 2.05) is 4.90 Å². The lowest BCUT2D eigenvalue weighted by Gasteiger charge is -2.28. The molecule has 1 aliphatic heterocycles. The Kier molecular flexibility index (Phi) is 4.59. The molecule has 1 heterocycles. The predicted octanol–water partition coefficient (Wildman–Crippen LogP) is 1.88. The molecule has 1 atom stereocenters. The molecule has 0 aliphatic carbocycles. The third kappa shape index (κ3) is 3.89. The molecule has 5 heteroatoms. The van der Waals surface area contributed by atoms with E-state index in [2.05, 4.69) is 20.8 Å². The number of likely N-dealkylation sites (tertiary alicyclic amines) is 1. The largest absolute Gasteiger partial charge is 0.481 e. The maximum atomic E-state index is 12.1. The van der Waals surface area contributed by atoms with E-state index in [1.54, 1.807) is 7.05 Å². The van der Waals surface area contributed by atoms with Crippen LogP contribution in [0.1, 0.15) is 33.6 Å². The van der Waals surface area contributed by atoms with E-state index in [0.717, 1.165) is 19.5 Å². The van der Waals surface area contributed by atoms with E-state index in [0.29, 0.717) is 5.92 Å². The number of amides is 2. The summed E-state index contributed by atoms with van der Waals surface area (Å²) in [5.74, 6) is -0.349. The quantitative estimate of drug-likeness (QED) is 0.838. The second-order valence-corrected chi connectivity index (χ2v) is 6.15. The highest BCUT2D eigenvalue weighted by Crippen LogP contribution is 2.33. The van der Waals surface area contributed by atoms with Crippen LogP contribution in [-0.4, -0.2) is 53.6 Å². The van der Waals surface area contributed by atoms with Gasteiger partial charge < -0.3 is 14.9 Å². The maximum Gasteiger partial charge on any atom is 0.319 e. The molecule has 0 spiro atoms. The molecule has 0 aromatic rings. The average molecular weight is 256 g/mol. The van der Waals surface area contributed by atoms with Crippen molar-refractivity contribution in [1.29, 1.82) is 0 Å². The first-order valence-corrected chi connectivity index (χ1v) is 6.43. The van der Waals surface area contributed by atoms with Gasteiger partial charge in [0.15, 0.2) is 0 Å². The fourth-order valence-electron chi connectivity index (χ4n) is 2.24. The lowest BCUT2D eigenvalue weighted by Crippen LogP contribution is -2.41. The lowest BCUT2D eigenvalue weighted by molar-refractivity contribution is -0.137. The van der Waals surface area contributed by atoms with Crippen molar-refractivity contribution in [3.05, 3.63) is 0 Å². The van der Waals surface area contributed by atoms with E-state index < -0.39 is 5.97 Å². The molecule has 1 fully saturated rings. The number of carbonyl (C=O) groups excluding carboxylic acids is 1. The Bertz CT molecular complexity index is 323. The number of urea groups is 1. The highest BCUT2D eigenvalue weighted by atomic mass is 16.4. The molecule has 0 aromatic carbocycles. The van der Waals surface area contributed by atoms with Crippen LogP contribution in [0.15, 0.2) is 0 Å². The summed E-state index contributed by atoms with van der Waals surface area (Å²) >= 11 is 0. The number of hydrogen-bond acceptors (Lipinski definition) is 2. The Morgan fingerprint density at radius 1 is 1.39 bits per heavy atom. The van der Waals surface area contributed by atoms with Crippen LogP contribution in [0.5, 0.6) is 0 Å². The highest BCUT2D eigenvalue weighted by molar-refractivity contribution is 5.75. The standard InChI is InChI=1S/C13H24N2O3/c1-13(2,3)10-5-8-15(9-10)12(18)14(4)7-6-11(16)17/h10H,5-9H2,1-4H3,(H,16,17). The van der Waals surface area contributed by atoms with Gasteiger partial charge in [0.25, 0.3) is 0 Å². The van der Waals surface area contributed by atoms with Crippen molar-refractivity contribution in [1.82, 2.24) is 9.80 Å². The van der Waals surface area contributed by atoms with Gasteiger partial charge in [0, 0.05) is 26.7 Å². The van der Waals surface area contributed by atoms with E-state index >= 15 is 0 Å². The van der Waals surface area contributed by atoms with Crippen molar-refractivity contribution >= 4 is 12.0 Å². The topological polar surface area (TPSA) is 60.9 Å². The molecule has 104 valence electrons. The van der Waals surface area contributed by atoms with Gasteiger partial charge in [-0.15, -0.1) is 0 Å². The molecule has 5 nitrogen and oxygen atoms in total. The molecule has 18 heavy (non-hydrogen) atoms. The van der Waals surface area contributed by atoms with Gasteiger partial charge in [-0.1, -0.05) is 20.8 Å². The van der Waals surface area contributed by atoms with Crippen LogP contribution in [0.4, 0.5) is 4.79 Å². The van der Waals surface area contributed by atoms with Gasteiger partial charge in [0.05, 0.1) is 6.42 Å². The monoisotopic (exact) mass is 256 g/mol. The number of aliphatic carboxylic acids is 1. The zero-order valence-electron chi connectivity index (χ0n) is 11.8. The number of carboxylic acid groups (broad SMARTS) is 1. The molecule has 0 bridgehead atoms. The van der Waals surface area contributed by atoms with Crippen LogP contribution in [0, 0.1) is 11.3 Å². The molecule has 0 saturated carbocycles. The summed E-state index contributed by atoms with van der Waals surface area (Å²) < 4.78 is 0. The molecule has 1 N–H and O–H groups in total. The Balaban J connectivity index is 2.47. The summed E-state index contributed by atoms with van der Waals surface area (Å²) in [5.41, 5.74) is 0.217. The van der Waals surface area contributed by atoms with E-state index in [4.69, 9.17) is 5.11 Å². The zero-order chi connectivity index (χ0) is 13.9. The molecule has 0 radical (unpaired) electrons. The summed E-state index contributed by atoms with van der Waals surface area (Å²) in [6, 6.07) is -0.0528. The smallest absolute Gasteiger partial charge is 0.319 e. The number of rotatable bonds is 3. The lowest BCUT2D eigenvalue weighted by atomic mass is 9.80. The van der Waals surface area contributed by atoms with Gasteiger partial charge in [0.1, 0.15) is 0 Å². The van der Waals surface area contributed by atoms with Crippen LogP contribution in [0.3, 0.4) is 0 Å². The van der Waals surface area contributed by atoms with Crippen LogP contribution in [0.25, 0.3) is 0 Å². The Morgan fingerprint density at radius 2 is 2.00 bits per heavy atom. The van der Waals surface area contributed by atoms with Crippen molar-refractivity contribution in [2.24, 2.45) is 11.3 Å². The van der Waals surface area contributed by atoms with Gasteiger partial charge in [-0.2, -0.15) is 0 Å². The summed E-state index contributed by atoms with van der Waals surface area (Å²) in [7, 11) is 1.66. The Morgan fingerprint density at radius 3 is 2.44 bits per heavy atom. The van der Waals surface area contributed by atoms with E-state index in [-0.39, 0.29) is 24.4 Å². The SMILES string of the molecule is CN(CCC(=O)O)C(=O)N1CCC(C(C)(C)C)C1. The molecule has 1 rings (SSSR count). The van der Waals surface area contributed by atoms with E-state index in [1.165, 1.54) is 4.90 Å². The number of carboxylic acids is 1. The number of hydrogen-bond donors (Lipinski definition) is 1. The molecule has 0 aromatic heterocycles. The Labute approximate surface area is 109 Å². The maximum absolute atomic E-state index is 12.1. The summed E-state index contributed by atoms with van der Waals surface area (Å²) in [6.07, 6.45) is 1.03. The average Bonchev–Trinajstić information content (AvgIpc) is 2.73. The molecule has 1 unspecified atom stereocenters. The van der Waals surface area contributed by atoms with Crippen molar-refractivity contribution in [2.75, 3.05) is 26.7 Å². The minimum atomic E-state index is -0.872. The molecular formula is C13H24N2O3. The normalized spacial score (nSPS) is 20.0. The first kappa shape index (κ1) is 14.8. The van der Waals surface area contributed by atoms with Gasteiger partial charge in [-0.3, -0.25) is 4.79 Å². The van der Waals surface area contributed by atoms with Crippen molar-refractivity contribution in [3.63, 3.8) is 0 Å². The highest BCUT2D eigenvalue weighted by Gasteiger charge is 2.34. The third-order valence-electron chi connectivity index (χ3n) is 3.67. The zero-order valence-corrected chi connectivity index (χ0v) is 11.8. The van der Waals surface area contributed by atoms with Crippen molar-refractivity contribution in [2.45, 2.75) is 33.6 Å². The first-order valence-electron chi connectivity index (χ1n) is 6.43. The fraction of sp³-hybridized carbons (Fsp3) is 0.846. The molecule has 1 saturated heterocycles. The summed E-state index contributed by atoms with van der Waals surface area (Å²) in [4.78, 5) is 25.9. The first-order chi connectivity index (χ1) is 8.21. The fourth-order valence-corrected chi connectivity index (χ4v) is 2.24. The van der Waals surface area contributed by atoms with Crippen LogP contribution >= 0.6 is 0 Å². The molecule has 2 amide bonds. The number of carbonyl (C=O) groups is 2. The van der Waals surface area contributed by atoms with Gasteiger partial charge in [-0.05, 0) is 17.8 Å². The van der Waals surface area contributed by atoms with Gasteiger partial charge >= 0.3 is 12.0 Å². The minimum absolute atomic E-state index is 0.00121. The molecule has 1 aliphatic rings. The summed E-state index contributed by atoms with van der Waals surface area (Å²) in [5, 5.41) is 8.61.